The third-order valence-electron chi connectivity index (χ3n) is 3.87. The highest BCUT2D eigenvalue weighted by Crippen LogP contribution is 2.32. The van der Waals surface area contributed by atoms with Gasteiger partial charge in [0, 0.05) is 0 Å². The quantitative estimate of drug-likeness (QED) is 0.604. The van der Waals surface area contributed by atoms with Gasteiger partial charge in [0.1, 0.15) is 0 Å². The van der Waals surface area contributed by atoms with Crippen LogP contribution in [-0.4, -0.2) is 26.2 Å². The van der Waals surface area contributed by atoms with Gasteiger partial charge in [0.2, 0.25) is 0 Å². The molecule has 2 aromatic rings. The van der Waals surface area contributed by atoms with Gasteiger partial charge < -0.3 is 9.47 Å². The zero-order valence-corrected chi connectivity index (χ0v) is 13.8. The fourth-order valence-electron chi connectivity index (χ4n) is 2.61. The molecule has 0 bridgehead atoms. The monoisotopic (exact) mass is 324 g/mol. The van der Waals surface area contributed by atoms with E-state index in [1.165, 1.54) is 14.2 Å². The number of rotatable bonds is 6. The largest absolute Gasteiger partial charge is 0.468 e. The van der Waals surface area contributed by atoms with Crippen LogP contribution < -0.4 is 0 Å². The lowest BCUT2D eigenvalue weighted by atomic mass is 9.77. The van der Waals surface area contributed by atoms with Crippen molar-refractivity contribution in [3.63, 3.8) is 0 Å². The summed E-state index contributed by atoms with van der Waals surface area (Å²) in [4.78, 5) is 25.0. The number of ether oxygens (including phenoxy) is 2. The number of hydrogen-bond donors (Lipinski definition) is 0. The molecule has 0 amide bonds. The van der Waals surface area contributed by atoms with Crippen molar-refractivity contribution < 1.29 is 19.1 Å². The molecule has 0 saturated carbocycles. The molecule has 0 heterocycles. The lowest BCUT2D eigenvalue weighted by Crippen LogP contribution is -2.45. The molecule has 124 valence electrons. The Labute approximate surface area is 141 Å². The number of methoxy groups -OCH3 is 2. The predicted octanol–water partition coefficient (Wildman–Crippen LogP) is 3.37. The molecule has 4 nitrogen and oxygen atoms in total. The zero-order valence-electron chi connectivity index (χ0n) is 13.8. The van der Waals surface area contributed by atoms with Gasteiger partial charge in [-0.1, -0.05) is 72.8 Å². The van der Waals surface area contributed by atoms with Crippen LogP contribution >= 0.6 is 0 Å². The van der Waals surface area contributed by atoms with Crippen molar-refractivity contribution in [3.8, 4) is 0 Å². The molecule has 0 aliphatic carbocycles. The first-order valence-corrected chi connectivity index (χ1v) is 7.59. The van der Waals surface area contributed by atoms with Crippen LogP contribution in [0.15, 0.2) is 66.7 Å². The number of benzene rings is 2. The third kappa shape index (κ3) is 3.54. The van der Waals surface area contributed by atoms with Gasteiger partial charge in [-0.25, -0.2) is 0 Å². The van der Waals surface area contributed by atoms with Crippen LogP contribution in [0.1, 0.15) is 17.5 Å². The average molecular weight is 324 g/mol. The predicted molar refractivity (Wildman–Crippen MR) is 92.2 cm³/mol. The Balaban J connectivity index is 2.43. The van der Waals surface area contributed by atoms with Gasteiger partial charge in [-0.3, -0.25) is 9.59 Å². The highest BCUT2D eigenvalue weighted by Gasteiger charge is 2.49. The molecule has 2 rings (SSSR count). The Morgan fingerprint density at radius 3 is 1.88 bits per heavy atom. The normalized spacial score (nSPS) is 11.2. The van der Waals surface area contributed by atoms with E-state index in [1.54, 1.807) is 30.3 Å². The fraction of sp³-hybridized carbons (Fsp3) is 0.200. The van der Waals surface area contributed by atoms with Crippen molar-refractivity contribution in [1.82, 2.24) is 0 Å². The van der Waals surface area contributed by atoms with Crippen LogP contribution in [0.3, 0.4) is 0 Å². The molecule has 0 atom stereocenters. The molecule has 0 aromatic heterocycles. The van der Waals surface area contributed by atoms with E-state index in [0.29, 0.717) is 5.56 Å². The number of carbonyl (C=O) groups is 2. The molecular formula is C20H20O4. The van der Waals surface area contributed by atoms with Crippen molar-refractivity contribution in [3.05, 3.63) is 77.9 Å². The summed E-state index contributed by atoms with van der Waals surface area (Å²) in [6.45, 7) is 0. The van der Waals surface area contributed by atoms with Gasteiger partial charge >= 0.3 is 11.9 Å². The standard InChI is InChI=1S/C20H20O4/c1-23-18(21)20(19(22)24-2,17-13-7-4-8-14-17)15-9-12-16-10-5-3-6-11-16/h3-14H,15H2,1-2H3. The van der Waals surface area contributed by atoms with Crippen LogP contribution in [0.5, 0.6) is 0 Å². The molecule has 0 radical (unpaired) electrons. The molecule has 0 aliphatic rings. The minimum atomic E-state index is -1.52. The summed E-state index contributed by atoms with van der Waals surface area (Å²) in [5.41, 5.74) is 0.00589. The van der Waals surface area contributed by atoms with Gasteiger partial charge in [0.15, 0.2) is 5.41 Å². The van der Waals surface area contributed by atoms with E-state index in [1.807, 2.05) is 42.5 Å². The molecule has 4 heteroatoms. The van der Waals surface area contributed by atoms with Crippen molar-refractivity contribution in [2.45, 2.75) is 11.8 Å². The summed E-state index contributed by atoms with van der Waals surface area (Å²) in [5, 5.41) is 0. The average Bonchev–Trinajstić information content (AvgIpc) is 2.65. The van der Waals surface area contributed by atoms with E-state index in [9.17, 15) is 9.59 Å². The highest BCUT2D eigenvalue weighted by atomic mass is 16.5. The van der Waals surface area contributed by atoms with Crippen LogP contribution in [0.2, 0.25) is 0 Å². The van der Waals surface area contributed by atoms with Crippen LogP contribution in [0.25, 0.3) is 6.08 Å². The fourth-order valence-corrected chi connectivity index (χ4v) is 2.61. The number of hydrogen-bond acceptors (Lipinski definition) is 4. The summed E-state index contributed by atoms with van der Waals surface area (Å²) in [6.07, 6.45) is 3.80. The minimum absolute atomic E-state index is 0.144. The minimum Gasteiger partial charge on any atom is -0.468 e. The Morgan fingerprint density at radius 1 is 0.875 bits per heavy atom. The summed E-state index contributed by atoms with van der Waals surface area (Å²) in [5.74, 6) is -1.28. The lowest BCUT2D eigenvalue weighted by molar-refractivity contribution is -0.161. The summed E-state index contributed by atoms with van der Waals surface area (Å²) in [6, 6.07) is 18.5. The molecule has 0 unspecified atom stereocenters. The van der Waals surface area contributed by atoms with Crippen LogP contribution in [-0.2, 0) is 24.5 Å². The molecule has 0 N–H and O–H groups in total. The first-order chi connectivity index (χ1) is 11.6. The summed E-state index contributed by atoms with van der Waals surface area (Å²) in [7, 11) is 2.54. The van der Waals surface area contributed by atoms with E-state index >= 15 is 0 Å². The maximum atomic E-state index is 12.5. The van der Waals surface area contributed by atoms with Crippen LogP contribution in [0, 0.1) is 0 Å². The van der Waals surface area contributed by atoms with E-state index in [0.717, 1.165) is 5.56 Å². The van der Waals surface area contributed by atoms with Crippen molar-refractivity contribution >= 4 is 18.0 Å². The topological polar surface area (TPSA) is 52.6 Å². The molecule has 0 saturated heterocycles. The number of allylic oxidation sites excluding steroid dienone is 1. The number of esters is 2. The van der Waals surface area contributed by atoms with Gasteiger partial charge in [-0.2, -0.15) is 0 Å². The molecule has 0 spiro atoms. The smallest absolute Gasteiger partial charge is 0.328 e. The number of carbonyl (C=O) groups excluding carboxylic acids is 2. The first kappa shape index (κ1) is 17.5. The van der Waals surface area contributed by atoms with Crippen molar-refractivity contribution in [2.75, 3.05) is 14.2 Å². The van der Waals surface area contributed by atoms with Crippen molar-refractivity contribution in [2.24, 2.45) is 0 Å². The van der Waals surface area contributed by atoms with E-state index in [-0.39, 0.29) is 6.42 Å². The van der Waals surface area contributed by atoms with Gasteiger partial charge in [0.25, 0.3) is 0 Å². The maximum Gasteiger partial charge on any atom is 0.328 e. The zero-order chi connectivity index (χ0) is 17.4. The second-order valence-electron chi connectivity index (χ2n) is 5.27. The third-order valence-corrected chi connectivity index (χ3v) is 3.87. The Hall–Kier alpha value is -2.88. The van der Waals surface area contributed by atoms with Gasteiger partial charge in [-0.05, 0) is 17.5 Å². The second kappa shape index (κ2) is 8.11. The molecule has 2 aromatic carbocycles. The Kier molecular flexibility index (Phi) is 5.90. The lowest BCUT2D eigenvalue weighted by Gasteiger charge is -2.27. The molecule has 0 aliphatic heterocycles. The Bertz CT molecular complexity index is 689. The van der Waals surface area contributed by atoms with E-state index < -0.39 is 17.4 Å². The van der Waals surface area contributed by atoms with Crippen molar-refractivity contribution in [1.29, 1.82) is 0 Å². The molecule has 24 heavy (non-hydrogen) atoms. The van der Waals surface area contributed by atoms with Crippen LogP contribution in [0.4, 0.5) is 0 Å². The SMILES string of the molecule is COC(=O)C(CC=Cc1ccccc1)(C(=O)OC)c1ccccc1. The molecular weight excluding hydrogens is 304 g/mol. The van der Waals surface area contributed by atoms with E-state index in [2.05, 4.69) is 0 Å². The van der Waals surface area contributed by atoms with Gasteiger partial charge in [0.05, 0.1) is 14.2 Å². The summed E-state index contributed by atoms with van der Waals surface area (Å²) >= 11 is 0. The highest BCUT2D eigenvalue weighted by molar-refractivity contribution is 6.06. The molecule has 0 fully saturated rings. The second-order valence-corrected chi connectivity index (χ2v) is 5.27. The van der Waals surface area contributed by atoms with Gasteiger partial charge in [-0.15, -0.1) is 0 Å². The maximum absolute atomic E-state index is 12.5. The Morgan fingerprint density at radius 2 is 1.38 bits per heavy atom. The first-order valence-electron chi connectivity index (χ1n) is 7.59. The summed E-state index contributed by atoms with van der Waals surface area (Å²) < 4.78 is 9.84. The van der Waals surface area contributed by atoms with E-state index in [4.69, 9.17) is 9.47 Å².